The van der Waals surface area contributed by atoms with E-state index in [2.05, 4.69) is 14.8 Å². The lowest BCUT2D eigenvalue weighted by Crippen LogP contribution is -2.25. The number of rotatable bonds is 4. The van der Waals surface area contributed by atoms with E-state index in [0.29, 0.717) is 5.69 Å². The molecule has 0 aromatic carbocycles. The number of nitrogens with zero attached hydrogens (tertiary/aromatic N) is 3. The van der Waals surface area contributed by atoms with Crippen LogP contribution in [0.2, 0.25) is 0 Å². The molecule has 0 aliphatic heterocycles. The molecule has 2 aromatic heterocycles. The number of aryl methyl sites for hydroxylation is 1. The lowest BCUT2D eigenvalue weighted by atomic mass is 10.4. The average molecular weight is 270 g/mol. The normalized spacial score (nSPS) is 11.7. The first-order valence-corrected chi connectivity index (χ1v) is 6.56. The Hall–Kier alpha value is -1.80. The molecular formula is C10H11FN4O2S. The summed E-state index contributed by atoms with van der Waals surface area (Å²) in [6.07, 6.45) is 2.91. The van der Waals surface area contributed by atoms with E-state index in [-0.39, 0.29) is 6.54 Å². The molecule has 1 N–H and O–H groups in total. The lowest BCUT2D eigenvalue weighted by Gasteiger charge is -2.04. The molecule has 0 spiro atoms. The first kappa shape index (κ1) is 12.7. The molecule has 96 valence electrons. The molecule has 0 aliphatic rings. The summed E-state index contributed by atoms with van der Waals surface area (Å²) >= 11 is 0. The van der Waals surface area contributed by atoms with Crippen LogP contribution in [-0.2, 0) is 23.6 Å². The van der Waals surface area contributed by atoms with E-state index in [1.165, 1.54) is 12.3 Å². The van der Waals surface area contributed by atoms with Crippen molar-refractivity contribution in [1.29, 1.82) is 0 Å². The number of aromatic nitrogens is 3. The molecule has 0 fully saturated rings. The fourth-order valence-corrected chi connectivity index (χ4v) is 2.36. The molecular weight excluding hydrogens is 259 g/mol. The van der Waals surface area contributed by atoms with Crippen molar-refractivity contribution < 1.29 is 12.8 Å². The lowest BCUT2D eigenvalue weighted by molar-refractivity contribution is 0.543. The number of nitrogens with one attached hydrogen (secondary N) is 1. The zero-order chi connectivity index (χ0) is 13.2. The molecule has 2 rings (SSSR count). The van der Waals surface area contributed by atoms with Gasteiger partial charge in [-0.1, -0.05) is 0 Å². The minimum absolute atomic E-state index is 0.0147. The summed E-state index contributed by atoms with van der Waals surface area (Å²) in [6.45, 7) is -0.0147. The van der Waals surface area contributed by atoms with Gasteiger partial charge in [0.2, 0.25) is 5.03 Å². The Bertz CT molecular complexity index is 653. The molecule has 8 heteroatoms. The standard InChI is InChI=1S/C10H11FN4O2S/c1-15-6-4-8(14-15)7-13-18(16,17)10-9(11)3-2-5-12-10/h2-6,13H,7H2,1H3. The van der Waals surface area contributed by atoms with Crippen LogP contribution in [0.1, 0.15) is 5.69 Å². The molecule has 0 amide bonds. The highest BCUT2D eigenvalue weighted by Gasteiger charge is 2.20. The summed E-state index contributed by atoms with van der Waals surface area (Å²) in [4.78, 5) is 3.52. The van der Waals surface area contributed by atoms with Gasteiger partial charge in [-0.3, -0.25) is 4.68 Å². The SMILES string of the molecule is Cn1ccc(CNS(=O)(=O)c2ncccc2F)n1. The number of pyridine rings is 1. The number of hydrogen-bond donors (Lipinski definition) is 1. The molecule has 0 bridgehead atoms. The van der Waals surface area contributed by atoms with E-state index in [1.54, 1.807) is 24.0 Å². The zero-order valence-electron chi connectivity index (χ0n) is 9.54. The maximum Gasteiger partial charge on any atom is 0.261 e. The molecule has 0 atom stereocenters. The number of sulfonamides is 1. The summed E-state index contributed by atoms with van der Waals surface area (Å²) in [5.41, 5.74) is 0.539. The number of hydrogen-bond acceptors (Lipinski definition) is 4. The Morgan fingerprint density at radius 2 is 2.22 bits per heavy atom. The van der Waals surface area contributed by atoms with Crippen LogP contribution >= 0.6 is 0 Å². The molecule has 0 aliphatic carbocycles. The van der Waals surface area contributed by atoms with Gasteiger partial charge in [0.05, 0.1) is 12.2 Å². The molecule has 2 aromatic rings. The second-order valence-electron chi connectivity index (χ2n) is 3.60. The van der Waals surface area contributed by atoms with Gasteiger partial charge < -0.3 is 0 Å². The van der Waals surface area contributed by atoms with Crippen LogP contribution in [0, 0.1) is 5.82 Å². The van der Waals surface area contributed by atoms with Crippen molar-refractivity contribution in [3.63, 3.8) is 0 Å². The maximum absolute atomic E-state index is 13.3. The Labute approximate surface area is 104 Å². The molecule has 18 heavy (non-hydrogen) atoms. The Kier molecular flexibility index (Phi) is 3.39. The zero-order valence-corrected chi connectivity index (χ0v) is 10.4. The second-order valence-corrected chi connectivity index (χ2v) is 5.28. The predicted molar refractivity (Wildman–Crippen MR) is 61.4 cm³/mol. The molecule has 6 nitrogen and oxygen atoms in total. The first-order chi connectivity index (χ1) is 8.49. The second kappa shape index (κ2) is 4.83. The van der Waals surface area contributed by atoms with Gasteiger partial charge in [-0.2, -0.15) is 5.10 Å². The van der Waals surface area contributed by atoms with E-state index in [0.717, 1.165) is 6.07 Å². The van der Waals surface area contributed by atoms with E-state index < -0.39 is 20.9 Å². The summed E-state index contributed by atoms with van der Waals surface area (Å²) in [6, 6.07) is 4.03. The van der Waals surface area contributed by atoms with E-state index in [9.17, 15) is 12.8 Å². The van der Waals surface area contributed by atoms with E-state index in [4.69, 9.17) is 0 Å². The van der Waals surface area contributed by atoms with E-state index in [1.807, 2.05) is 0 Å². The van der Waals surface area contributed by atoms with Gasteiger partial charge in [-0.15, -0.1) is 0 Å². The van der Waals surface area contributed by atoms with Crippen molar-refractivity contribution in [3.8, 4) is 0 Å². The van der Waals surface area contributed by atoms with Crippen LogP contribution in [0.25, 0.3) is 0 Å². The van der Waals surface area contributed by atoms with Crippen molar-refractivity contribution >= 4 is 10.0 Å². The minimum atomic E-state index is -3.97. The Morgan fingerprint density at radius 1 is 1.44 bits per heavy atom. The summed E-state index contributed by atoms with van der Waals surface area (Å²) in [5.74, 6) is -0.883. The number of halogens is 1. The summed E-state index contributed by atoms with van der Waals surface area (Å²) in [5, 5.41) is 3.40. The highest BCUT2D eigenvalue weighted by Crippen LogP contribution is 2.10. The van der Waals surface area contributed by atoms with Gasteiger partial charge in [0.25, 0.3) is 10.0 Å². The topological polar surface area (TPSA) is 76.9 Å². The minimum Gasteiger partial charge on any atom is -0.276 e. The molecule has 0 saturated heterocycles. The van der Waals surface area contributed by atoms with Gasteiger partial charge >= 0.3 is 0 Å². The quantitative estimate of drug-likeness (QED) is 0.874. The van der Waals surface area contributed by atoms with Crippen molar-refractivity contribution in [3.05, 3.63) is 42.1 Å². The predicted octanol–water partition coefficient (Wildman–Crippen LogP) is 0.433. The van der Waals surface area contributed by atoms with Gasteiger partial charge in [-0.25, -0.2) is 22.5 Å². The van der Waals surface area contributed by atoms with Crippen LogP contribution in [-0.4, -0.2) is 23.2 Å². The first-order valence-electron chi connectivity index (χ1n) is 5.08. The average Bonchev–Trinajstić information content (AvgIpc) is 2.73. The van der Waals surface area contributed by atoms with Gasteiger partial charge in [-0.05, 0) is 18.2 Å². The molecule has 0 unspecified atom stereocenters. The summed E-state index contributed by atoms with van der Waals surface area (Å²) < 4.78 is 40.7. The van der Waals surface area contributed by atoms with Crippen molar-refractivity contribution in [1.82, 2.24) is 19.5 Å². The Balaban J connectivity index is 2.16. The third kappa shape index (κ3) is 2.71. The van der Waals surface area contributed by atoms with Crippen molar-refractivity contribution in [2.45, 2.75) is 11.6 Å². The highest BCUT2D eigenvalue weighted by atomic mass is 32.2. The third-order valence-electron chi connectivity index (χ3n) is 2.19. The van der Waals surface area contributed by atoms with Gasteiger partial charge in [0.15, 0.2) is 5.82 Å². The summed E-state index contributed by atoms with van der Waals surface area (Å²) in [7, 11) is -2.25. The third-order valence-corrected chi connectivity index (χ3v) is 3.53. The largest absolute Gasteiger partial charge is 0.276 e. The van der Waals surface area contributed by atoms with Gasteiger partial charge in [0.1, 0.15) is 0 Å². The van der Waals surface area contributed by atoms with Crippen molar-refractivity contribution in [2.24, 2.45) is 7.05 Å². The highest BCUT2D eigenvalue weighted by molar-refractivity contribution is 7.89. The van der Waals surface area contributed by atoms with Crippen LogP contribution in [0.5, 0.6) is 0 Å². The fraction of sp³-hybridized carbons (Fsp3) is 0.200. The van der Waals surface area contributed by atoms with Gasteiger partial charge in [0, 0.05) is 19.4 Å². The van der Waals surface area contributed by atoms with Crippen LogP contribution in [0.3, 0.4) is 0 Å². The molecule has 2 heterocycles. The fourth-order valence-electron chi connectivity index (χ4n) is 1.36. The van der Waals surface area contributed by atoms with Crippen molar-refractivity contribution in [2.75, 3.05) is 0 Å². The maximum atomic E-state index is 13.3. The van der Waals surface area contributed by atoms with Crippen LogP contribution < -0.4 is 4.72 Å². The monoisotopic (exact) mass is 270 g/mol. The van der Waals surface area contributed by atoms with Crippen LogP contribution in [0.15, 0.2) is 35.6 Å². The smallest absolute Gasteiger partial charge is 0.261 e. The molecule has 0 radical (unpaired) electrons. The van der Waals surface area contributed by atoms with Crippen LogP contribution in [0.4, 0.5) is 4.39 Å². The van der Waals surface area contributed by atoms with E-state index >= 15 is 0 Å². The Morgan fingerprint density at radius 3 is 2.83 bits per heavy atom. The molecule has 0 saturated carbocycles.